The summed E-state index contributed by atoms with van der Waals surface area (Å²) in [4.78, 5) is 13.1. The van der Waals surface area contributed by atoms with Gasteiger partial charge in [0.05, 0.1) is 33.6 Å². The van der Waals surface area contributed by atoms with Gasteiger partial charge in [0.1, 0.15) is 11.4 Å². The summed E-state index contributed by atoms with van der Waals surface area (Å²) in [6, 6.07) is 7.44. The number of halogens is 4. The Hall–Kier alpha value is -3.41. The lowest BCUT2D eigenvalue weighted by atomic mass is 9.96. The Balaban J connectivity index is 1.69. The van der Waals surface area contributed by atoms with Crippen LogP contribution in [0.3, 0.4) is 0 Å². The highest BCUT2D eigenvalue weighted by atomic mass is 79.9. The number of ether oxygens (including phenoxy) is 3. The first-order valence-electron chi connectivity index (χ1n) is 10.4. The van der Waals surface area contributed by atoms with Crippen molar-refractivity contribution in [1.29, 1.82) is 0 Å². The van der Waals surface area contributed by atoms with E-state index in [1.54, 1.807) is 24.3 Å². The lowest BCUT2D eigenvalue weighted by molar-refractivity contribution is -0.173. The highest BCUT2D eigenvalue weighted by Gasteiger charge is 2.47. The van der Waals surface area contributed by atoms with Crippen LogP contribution in [0.15, 0.2) is 47.1 Å². The van der Waals surface area contributed by atoms with Crippen LogP contribution in [-0.4, -0.2) is 43.2 Å². The van der Waals surface area contributed by atoms with Gasteiger partial charge in [-0.25, -0.2) is 4.68 Å². The number of rotatable bonds is 6. The largest absolute Gasteiger partial charge is 0.493 e. The average Bonchev–Trinajstić information content (AvgIpc) is 3.26. The lowest BCUT2D eigenvalue weighted by Gasteiger charge is -2.34. The Kier molecular flexibility index (Phi) is 6.84. The van der Waals surface area contributed by atoms with Gasteiger partial charge in [-0.1, -0.05) is 28.1 Å². The van der Waals surface area contributed by atoms with Gasteiger partial charge in [-0.05, 0) is 17.7 Å². The molecular weight excluding hydrogens is 533 g/mol. The first kappa shape index (κ1) is 24.7. The summed E-state index contributed by atoms with van der Waals surface area (Å²) in [7, 11) is 4.31. The van der Waals surface area contributed by atoms with E-state index in [0.717, 1.165) is 15.4 Å². The molecule has 0 aliphatic carbocycles. The molecule has 186 valence electrons. The highest BCUT2D eigenvalue weighted by molar-refractivity contribution is 9.10. The Morgan fingerprint density at radius 2 is 1.74 bits per heavy atom. The smallest absolute Gasteiger partial charge is 0.410 e. The van der Waals surface area contributed by atoms with Gasteiger partial charge in [0.15, 0.2) is 17.5 Å². The molecule has 0 bridgehead atoms. The summed E-state index contributed by atoms with van der Waals surface area (Å²) in [6.45, 7) is 0. The van der Waals surface area contributed by atoms with E-state index in [2.05, 4.69) is 31.7 Å². The second kappa shape index (κ2) is 9.68. The standard InChI is InChI=1S/C23H22BrF3N4O4/c1-33-17-8-14(9-18(34-2)20(17)35-3)29-22(32)15-11-28-31-19(23(25,26)27)10-16(30-21(15)31)12-4-6-13(24)7-5-12/h4-9,11,16,19,30H,10H2,1-3H3,(H,29,32). The number of anilines is 2. The van der Waals surface area contributed by atoms with Gasteiger partial charge in [0, 0.05) is 28.7 Å². The molecule has 0 saturated heterocycles. The van der Waals surface area contributed by atoms with E-state index in [4.69, 9.17) is 14.2 Å². The third-order valence-corrected chi connectivity index (χ3v) is 6.21. The molecule has 2 N–H and O–H groups in total. The number of methoxy groups -OCH3 is 3. The molecule has 1 aliphatic heterocycles. The number of carbonyl (C=O) groups is 1. The molecule has 2 unspecified atom stereocenters. The molecule has 0 radical (unpaired) electrons. The molecule has 3 aromatic rings. The molecule has 1 aliphatic rings. The van der Waals surface area contributed by atoms with E-state index >= 15 is 0 Å². The normalized spacial score (nSPS) is 17.2. The van der Waals surface area contributed by atoms with Crippen molar-refractivity contribution in [1.82, 2.24) is 9.78 Å². The second-order valence-electron chi connectivity index (χ2n) is 7.76. The third-order valence-electron chi connectivity index (χ3n) is 5.68. The average molecular weight is 555 g/mol. The number of aromatic nitrogens is 2. The van der Waals surface area contributed by atoms with Crippen molar-refractivity contribution in [2.75, 3.05) is 32.0 Å². The molecule has 0 saturated carbocycles. The summed E-state index contributed by atoms with van der Waals surface area (Å²) in [5, 5.41) is 9.64. The molecule has 1 aromatic heterocycles. The molecule has 2 atom stereocenters. The van der Waals surface area contributed by atoms with E-state index in [-0.39, 0.29) is 17.8 Å². The number of fused-ring (bicyclic) bond motifs is 1. The van der Waals surface area contributed by atoms with Crippen molar-refractivity contribution in [3.05, 3.63) is 58.2 Å². The van der Waals surface area contributed by atoms with E-state index in [9.17, 15) is 18.0 Å². The monoisotopic (exact) mass is 554 g/mol. The maximum Gasteiger partial charge on any atom is 0.410 e. The van der Waals surface area contributed by atoms with Crippen molar-refractivity contribution >= 4 is 33.3 Å². The maximum absolute atomic E-state index is 13.9. The summed E-state index contributed by atoms with van der Waals surface area (Å²) >= 11 is 3.33. The Morgan fingerprint density at radius 1 is 1.11 bits per heavy atom. The fraction of sp³-hybridized carbons (Fsp3) is 0.304. The van der Waals surface area contributed by atoms with Crippen molar-refractivity contribution in [2.24, 2.45) is 0 Å². The number of alkyl halides is 3. The van der Waals surface area contributed by atoms with Crippen molar-refractivity contribution < 1.29 is 32.2 Å². The number of hydrogen-bond donors (Lipinski definition) is 2. The van der Waals surface area contributed by atoms with Crippen LogP contribution in [0.5, 0.6) is 17.2 Å². The predicted octanol–water partition coefficient (Wildman–Crippen LogP) is 5.58. The minimum Gasteiger partial charge on any atom is -0.493 e. The van der Waals surface area contributed by atoms with Crippen molar-refractivity contribution in [3.63, 3.8) is 0 Å². The number of amides is 1. The first-order valence-corrected chi connectivity index (χ1v) is 11.2. The zero-order chi connectivity index (χ0) is 25.3. The number of hydrogen-bond acceptors (Lipinski definition) is 6. The highest BCUT2D eigenvalue weighted by Crippen LogP contribution is 2.45. The molecule has 12 heteroatoms. The predicted molar refractivity (Wildman–Crippen MR) is 126 cm³/mol. The SMILES string of the molecule is COc1cc(NC(=O)c2cnn3c2NC(c2ccc(Br)cc2)CC3C(F)(F)F)cc(OC)c1OC. The lowest BCUT2D eigenvalue weighted by Crippen LogP contribution is -2.36. The van der Waals surface area contributed by atoms with E-state index in [0.29, 0.717) is 28.5 Å². The van der Waals surface area contributed by atoms with Gasteiger partial charge in [-0.2, -0.15) is 18.3 Å². The summed E-state index contributed by atoms with van der Waals surface area (Å²) < 4.78 is 59.3. The van der Waals surface area contributed by atoms with Crippen LogP contribution in [0.25, 0.3) is 0 Å². The van der Waals surface area contributed by atoms with Gasteiger partial charge < -0.3 is 24.8 Å². The number of benzene rings is 2. The minimum absolute atomic E-state index is 0.0172. The molecule has 4 rings (SSSR count). The molecule has 0 spiro atoms. The molecule has 35 heavy (non-hydrogen) atoms. The van der Waals surface area contributed by atoms with Gasteiger partial charge in [-0.15, -0.1) is 0 Å². The Bertz CT molecular complexity index is 1210. The Labute approximate surface area is 207 Å². The minimum atomic E-state index is -4.55. The quantitative estimate of drug-likeness (QED) is 0.413. The Morgan fingerprint density at radius 3 is 2.29 bits per heavy atom. The molecule has 2 aromatic carbocycles. The van der Waals surface area contributed by atoms with E-state index in [1.807, 2.05) is 0 Å². The third kappa shape index (κ3) is 4.88. The topological polar surface area (TPSA) is 86.6 Å². The van der Waals surface area contributed by atoms with E-state index in [1.165, 1.54) is 33.5 Å². The number of nitrogens with one attached hydrogen (secondary N) is 2. The fourth-order valence-corrected chi connectivity index (χ4v) is 4.26. The van der Waals surface area contributed by atoms with Crippen LogP contribution in [-0.2, 0) is 0 Å². The first-order chi connectivity index (χ1) is 16.7. The van der Waals surface area contributed by atoms with Gasteiger partial charge in [0.2, 0.25) is 5.75 Å². The van der Waals surface area contributed by atoms with Crippen LogP contribution < -0.4 is 24.8 Å². The number of nitrogens with zero attached hydrogens (tertiary/aromatic N) is 2. The molecule has 8 nitrogen and oxygen atoms in total. The molecule has 0 fully saturated rings. The number of carbonyl (C=O) groups excluding carboxylic acids is 1. The van der Waals surface area contributed by atoms with Gasteiger partial charge in [0.25, 0.3) is 5.91 Å². The summed E-state index contributed by atoms with van der Waals surface area (Å²) in [6.07, 6.45) is -3.70. The second-order valence-corrected chi connectivity index (χ2v) is 8.68. The van der Waals surface area contributed by atoms with Crippen LogP contribution in [0.2, 0.25) is 0 Å². The zero-order valence-electron chi connectivity index (χ0n) is 18.9. The molecule has 1 amide bonds. The van der Waals surface area contributed by atoms with Gasteiger partial charge in [-0.3, -0.25) is 4.79 Å². The van der Waals surface area contributed by atoms with Gasteiger partial charge >= 0.3 is 6.18 Å². The van der Waals surface area contributed by atoms with Crippen LogP contribution in [0.4, 0.5) is 24.7 Å². The molecule has 2 heterocycles. The van der Waals surface area contributed by atoms with Crippen molar-refractivity contribution in [2.45, 2.75) is 24.7 Å². The van der Waals surface area contributed by atoms with E-state index < -0.39 is 24.2 Å². The van der Waals surface area contributed by atoms with Crippen LogP contribution >= 0.6 is 15.9 Å². The van der Waals surface area contributed by atoms with Crippen LogP contribution in [0.1, 0.15) is 34.4 Å². The van der Waals surface area contributed by atoms with Crippen LogP contribution in [0, 0.1) is 0 Å². The molecular formula is C23H22BrF3N4O4. The van der Waals surface area contributed by atoms with Crippen molar-refractivity contribution in [3.8, 4) is 17.2 Å². The zero-order valence-corrected chi connectivity index (χ0v) is 20.5. The fourth-order valence-electron chi connectivity index (χ4n) is 3.99. The summed E-state index contributed by atoms with van der Waals surface area (Å²) in [5.74, 6) is 0.291. The maximum atomic E-state index is 13.9. The summed E-state index contributed by atoms with van der Waals surface area (Å²) in [5.41, 5.74) is 0.929.